The van der Waals surface area contributed by atoms with E-state index in [2.05, 4.69) is 4.90 Å². The second-order valence-electron chi connectivity index (χ2n) is 3.25. The van der Waals surface area contributed by atoms with Gasteiger partial charge in [0.25, 0.3) is 0 Å². The average molecular weight is 180 g/mol. The number of anilines is 2. The molecule has 1 aromatic rings. The number of benzene rings is 1. The van der Waals surface area contributed by atoms with Crippen LogP contribution in [0.1, 0.15) is 7.85 Å². The molecule has 0 atom stereocenters. The summed E-state index contributed by atoms with van der Waals surface area (Å²) in [5.41, 5.74) is 7.60. The van der Waals surface area contributed by atoms with Crippen molar-refractivity contribution in [3.8, 4) is 0 Å². The molecule has 1 aromatic carbocycles. The van der Waals surface area contributed by atoms with Crippen LogP contribution in [0.15, 0.2) is 24.3 Å². The topological polar surface area (TPSA) is 38.5 Å². The molecule has 13 heavy (non-hydrogen) atoms. The first-order valence-electron chi connectivity index (χ1n) is 4.54. The lowest BCUT2D eigenvalue weighted by Gasteiger charge is -2.28. The van der Waals surface area contributed by atoms with E-state index in [4.69, 9.17) is 10.5 Å². The minimum absolute atomic E-state index is 0. The predicted octanol–water partition coefficient (Wildman–Crippen LogP) is 1.70. The molecule has 0 unspecified atom stereocenters. The molecule has 0 spiro atoms. The lowest BCUT2D eigenvalue weighted by molar-refractivity contribution is 0.107. The number of nitrogens with two attached hydrogens (primary N) is 1. The van der Waals surface area contributed by atoms with Crippen LogP contribution in [0.4, 0.5) is 11.4 Å². The molecule has 1 aliphatic heterocycles. The highest BCUT2D eigenvalue weighted by Crippen LogP contribution is 2.18. The zero-order valence-electron chi connectivity index (χ0n) is 7.57. The van der Waals surface area contributed by atoms with E-state index in [1.165, 1.54) is 5.69 Å². The maximum Gasteiger partial charge on any atom is 0.118 e. The van der Waals surface area contributed by atoms with E-state index in [0.717, 1.165) is 25.3 Å². The summed E-state index contributed by atoms with van der Waals surface area (Å²) in [6.45, 7) is 2.65. The lowest BCUT2D eigenvalue weighted by atomic mass is 10.2. The van der Waals surface area contributed by atoms with E-state index < -0.39 is 0 Å². The molecule has 1 saturated heterocycles. The molecular weight excluding hydrogens is 164 g/mol. The van der Waals surface area contributed by atoms with Gasteiger partial charge in [0, 0.05) is 19.3 Å². The molecule has 0 saturated carbocycles. The highest BCUT2D eigenvalue weighted by Gasteiger charge is 2.09. The maximum atomic E-state index is 5.61. The highest BCUT2D eigenvalue weighted by atomic mass is 16.5. The molecular formula is C10H16N2O. The van der Waals surface area contributed by atoms with Crippen molar-refractivity contribution in [3.63, 3.8) is 0 Å². The van der Waals surface area contributed by atoms with Crippen LogP contribution in [0.3, 0.4) is 0 Å². The Balaban J connectivity index is 0.000000980. The van der Waals surface area contributed by atoms with Crippen LogP contribution >= 0.6 is 0 Å². The summed E-state index contributed by atoms with van der Waals surface area (Å²) in [4.78, 5) is 2.21. The van der Waals surface area contributed by atoms with Crippen molar-refractivity contribution in [2.45, 2.75) is 6.42 Å². The second kappa shape index (κ2) is 3.66. The summed E-state index contributed by atoms with van der Waals surface area (Å²) >= 11 is 0. The van der Waals surface area contributed by atoms with Gasteiger partial charge in [-0.25, -0.2) is 0 Å². The summed E-state index contributed by atoms with van der Waals surface area (Å²) in [5, 5.41) is 0. The SMILES string of the molecule is Nc1ccc(N2CCCOC2)cc1.[HH]. The Morgan fingerprint density at radius 3 is 2.69 bits per heavy atom. The van der Waals surface area contributed by atoms with Gasteiger partial charge in [-0.05, 0) is 30.7 Å². The van der Waals surface area contributed by atoms with Crippen LogP contribution in [0, 0.1) is 0 Å². The lowest BCUT2D eigenvalue weighted by Crippen LogP contribution is -2.32. The molecule has 2 N–H and O–H groups in total. The van der Waals surface area contributed by atoms with E-state index in [-0.39, 0.29) is 1.43 Å². The molecule has 0 radical (unpaired) electrons. The summed E-state index contributed by atoms with van der Waals surface area (Å²) in [5.74, 6) is 0. The van der Waals surface area contributed by atoms with E-state index in [1.54, 1.807) is 0 Å². The molecule has 0 aromatic heterocycles. The third-order valence-electron chi connectivity index (χ3n) is 2.22. The van der Waals surface area contributed by atoms with Crippen LogP contribution in [-0.2, 0) is 4.74 Å². The number of nitrogen functional groups attached to an aromatic ring is 1. The van der Waals surface area contributed by atoms with Crippen molar-refractivity contribution in [1.82, 2.24) is 0 Å². The molecule has 72 valence electrons. The fourth-order valence-electron chi connectivity index (χ4n) is 1.49. The number of hydrogen-bond acceptors (Lipinski definition) is 3. The molecule has 1 heterocycles. The summed E-state index contributed by atoms with van der Waals surface area (Å²) in [6, 6.07) is 7.90. The van der Waals surface area contributed by atoms with Gasteiger partial charge in [0.05, 0.1) is 6.61 Å². The van der Waals surface area contributed by atoms with Crippen molar-refractivity contribution in [1.29, 1.82) is 0 Å². The van der Waals surface area contributed by atoms with Gasteiger partial charge in [-0.3, -0.25) is 0 Å². The van der Waals surface area contributed by atoms with Crippen LogP contribution in [0.5, 0.6) is 0 Å². The number of hydrogen-bond donors (Lipinski definition) is 1. The Morgan fingerprint density at radius 2 is 2.08 bits per heavy atom. The first-order valence-corrected chi connectivity index (χ1v) is 4.54. The Morgan fingerprint density at radius 1 is 1.31 bits per heavy atom. The molecule has 1 fully saturated rings. The van der Waals surface area contributed by atoms with Crippen molar-refractivity contribution < 1.29 is 6.16 Å². The van der Waals surface area contributed by atoms with Gasteiger partial charge in [-0.1, -0.05) is 0 Å². The van der Waals surface area contributed by atoms with Crippen LogP contribution < -0.4 is 10.6 Å². The third kappa shape index (κ3) is 1.92. The van der Waals surface area contributed by atoms with Crippen molar-refractivity contribution >= 4 is 11.4 Å². The highest BCUT2D eigenvalue weighted by molar-refractivity contribution is 5.52. The monoisotopic (exact) mass is 180 g/mol. The van der Waals surface area contributed by atoms with Crippen molar-refractivity contribution in [2.75, 3.05) is 30.5 Å². The van der Waals surface area contributed by atoms with Crippen molar-refractivity contribution in [3.05, 3.63) is 24.3 Å². The Kier molecular flexibility index (Phi) is 2.36. The van der Waals surface area contributed by atoms with Crippen LogP contribution in [0.25, 0.3) is 0 Å². The number of rotatable bonds is 1. The quantitative estimate of drug-likeness (QED) is 0.668. The van der Waals surface area contributed by atoms with Gasteiger partial charge in [0.15, 0.2) is 0 Å². The standard InChI is InChI=1S/C10H14N2O.H2/c11-9-2-4-10(5-3-9)12-6-1-7-13-8-12;/h2-5H,1,6-8,11H2;1H. The van der Waals surface area contributed by atoms with Gasteiger partial charge in [-0.15, -0.1) is 0 Å². The Labute approximate surface area is 79.6 Å². The summed E-state index contributed by atoms with van der Waals surface area (Å²) < 4.78 is 5.36. The minimum Gasteiger partial charge on any atom is -0.399 e. The normalized spacial score (nSPS) is 17.4. The van der Waals surface area contributed by atoms with Crippen molar-refractivity contribution in [2.24, 2.45) is 0 Å². The molecule has 3 heteroatoms. The predicted molar refractivity (Wildman–Crippen MR) is 55.8 cm³/mol. The Bertz CT molecular complexity index is 270. The fraction of sp³-hybridized carbons (Fsp3) is 0.400. The van der Waals surface area contributed by atoms with E-state index in [0.29, 0.717) is 6.73 Å². The zero-order chi connectivity index (χ0) is 9.10. The Hall–Kier alpha value is -1.22. The van der Waals surface area contributed by atoms with Gasteiger partial charge in [0.1, 0.15) is 6.73 Å². The number of ether oxygens (including phenoxy) is 1. The van der Waals surface area contributed by atoms with E-state index >= 15 is 0 Å². The summed E-state index contributed by atoms with van der Waals surface area (Å²) in [6.07, 6.45) is 1.10. The van der Waals surface area contributed by atoms with Gasteiger partial charge < -0.3 is 15.4 Å². The number of nitrogens with zero attached hydrogens (tertiary/aromatic N) is 1. The maximum absolute atomic E-state index is 5.61. The first kappa shape index (κ1) is 8.38. The van der Waals surface area contributed by atoms with Gasteiger partial charge >= 0.3 is 0 Å². The minimum atomic E-state index is 0. The molecule has 3 nitrogen and oxygen atoms in total. The molecule has 0 bridgehead atoms. The molecule has 2 rings (SSSR count). The smallest absolute Gasteiger partial charge is 0.118 e. The van der Waals surface area contributed by atoms with E-state index in [9.17, 15) is 0 Å². The van der Waals surface area contributed by atoms with Gasteiger partial charge in [0.2, 0.25) is 0 Å². The van der Waals surface area contributed by atoms with Crippen LogP contribution in [-0.4, -0.2) is 19.9 Å². The van der Waals surface area contributed by atoms with Gasteiger partial charge in [-0.2, -0.15) is 0 Å². The molecule has 1 aliphatic rings. The first-order chi connectivity index (χ1) is 6.36. The molecule has 0 amide bonds. The van der Waals surface area contributed by atoms with Crippen LogP contribution in [0.2, 0.25) is 0 Å². The van der Waals surface area contributed by atoms with E-state index in [1.807, 2.05) is 24.3 Å². The summed E-state index contributed by atoms with van der Waals surface area (Å²) in [7, 11) is 0. The molecule has 0 aliphatic carbocycles. The zero-order valence-corrected chi connectivity index (χ0v) is 7.57. The largest absolute Gasteiger partial charge is 0.399 e. The average Bonchev–Trinajstić information content (AvgIpc) is 2.20. The third-order valence-corrected chi connectivity index (χ3v) is 2.22. The fourth-order valence-corrected chi connectivity index (χ4v) is 1.49. The second-order valence-corrected chi connectivity index (χ2v) is 3.25.